The van der Waals surface area contributed by atoms with Crippen LogP contribution in [0.3, 0.4) is 0 Å². The maximum atomic E-state index is 15.3. The van der Waals surface area contributed by atoms with Crippen molar-refractivity contribution in [3.63, 3.8) is 0 Å². The molecule has 0 spiro atoms. The Morgan fingerprint density at radius 2 is 2.00 bits per heavy atom. The van der Waals surface area contributed by atoms with Crippen LogP contribution < -0.4 is 51.4 Å². The van der Waals surface area contributed by atoms with Crippen LogP contribution in [0.1, 0.15) is 44.6 Å². The molecule has 0 bridgehead atoms. The van der Waals surface area contributed by atoms with Crippen molar-refractivity contribution in [1.82, 2.24) is 14.7 Å². The third-order valence-corrected chi connectivity index (χ3v) is 5.23. The van der Waals surface area contributed by atoms with Crippen molar-refractivity contribution in [2.24, 2.45) is 7.05 Å². The molecular weight excluding hydrogens is 383 g/mol. The summed E-state index contributed by atoms with van der Waals surface area (Å²) >= 11 is 2.32. The maximum absolute atomic E-state index is 15.3. The number of aromatic nitrogens is 2. The fraction of sp³-hybridized carbons (Fsp3) is 0.692. The second-order valence-corrected chi connectivity index (χ2v) is 6.59. The molecule has 19 heavy (non-hydrogen) atoms. The Labute approximate surface area is 171 Å². The number of alkyl halides is 2. The third kappa shape index (κ3) is 2.83. The van der Waals surface area contributed by atoms with Gasteiger partial charge in [0.05, 0.1) is 0 Å². The summed E-state index contributed by atoms with van der Waals surface area (Å²) in [4.78, 5) is 1.91. The van der Waals surface area contributed by atoms with Crippen molar-refractivity contribution >= 4 is 22.6 Å². The fourth-order valence-electron chi connectivity index (χ4n) is 3.06. The summed E-state index contributed by atoms with van der Waals surface area (Å²) in [5.41, 5.74) is 2.59. The molecule has 1 aliphatic rings. The van der Waals surface area contributed by atoms with Crippen LogP contribution in [-0.2, 0) is 12.8 Å². The number of hydrogen-bond donors (Lipinski definition) is 0. The quantitative estimate of drug-likeness (QED) is 0.221. The van der Waals surface area contributed by atoms with Gasteiger partial charge in [-0.25, -0.2) is 4.39 Å². The smallest absolute Gasteiger partial charge is 0.332 e. The SMILES string of the molecule is Cc1nn(C)c2c1[C-](C)C(I)N(C(C)C)C2(C)F.[K+]. The summed E-state index contributed by atoms with van der Waals surface area (Å²) < 4.78 is 17.1. The Hall–Kier alpha value is 1.34. The molecule has 102 valence electrons. The van der Waals surface area contributed by atoms with Crippen molar-refractivity contribution in [3.8, 4) is 0 Å². The Kier molecular flexibility index (Phi) is 6.02. The second-order valence-electron chi connectivity index (χ2n) is 5.41. The first-order chi connectivity index (χ1) is 8.19. The van der Waals surface area contributed by atoms with E-state index in [0.29, 0.717) is 5.69 Å². The van der Waals surface area contributed by atoms with E-state index in [-0.39, 0.29) is 61.5 Å². The van der Waals surface area contributed by atoms with Crippen molar-refractivity contribution in [2.45, 2.75) is 50.5 Å². The van der Waals surface area contributed by atoms with Gasteiger partial charge < -0.3 is 4.68 Å². The fourth-order valence-corrected chi connectivity index (χ4v) is 4.54. The van der Waals surface area contributed by atoms with Crippen LogP contribution in [0, 0.1) is 12.8 Å². The van der Waals surface area contributed by atoms with E-state index in [1.54, 1.807) is 11.6 Å². The van der Waals surface area contributed by atoms with Gasteiger partial charge in [-0.15, -0.1) is 11.5 Å². The molecule has 0 fully saturated rings. The Bertz CT molecular complexity index is 473. The van der Waals surface area contributed by atoms with Gasteiger partial charge >= 0.3 is 51.4 Å². The molecule has 2 heterocycles. The minimum Gasteiger partial charge on any atom is -0.332 e. The Morgan fingerprint density at radius 3 is 2.47 bits per heavy atom. The second kappa shape index (κ2) is 6.22. The van der Waals surface area contributed by atoms with E-state index < -0.39 is 5.79 Å². The summed E-state index contributed by atoms with van der Waals surface area (Å²) in [7, 11) is 1.82. The maximum Gasteiger partial charge on any atom is 1.00 e. The first-order valence-electron chi connectivity index (χ1n) is 6.19. The van der Waals surface area contributed by atoms with Crippen LogP contribution >= 0.6 is 22.6 Å². The number of rotatable bonds is 1. The molecule has 2 unspecified atom stereocenters. The molecular formula is C13H20FIKN3. The number of aryl methyl sites for hydroxylation is 2. The van der Waals surface area contributed by atoms with Gasteiger partial charge in [0.15, 0.2) is 5.79 Å². The van der Waals surface area contributed by atoms with Crippen LogP contribution in [0.4, 0.5) is 4.39 Å². The van der Waals surface area contributed by atoms with E-state index in [2.05, 4.69) is 34.6 Å². The molecule has 0 radical (unpaired) electrons. The molecule has 3 nitrogen and oxygen atoms in total. The normalized spacial score (nSPS) is 27.4. The van der Waals surface area contributed by atoms with E-state index in [9.17, 15) is 0 Å². The Balaban J connectivity index is 0.00000180. The average molecular weight is 403 g/mol. The van der Waals surface area contributed by atoms with E-state index in [1.165, 1.54) is 5.92 Å². The zero-order chi connectivity index (χ0) is 13.8. The number of nitrogens with zero attached hydrogens (tertiary/aromatic N) is 3. The van der Waals surface area contributed by atoms with Crippen LogP contribution in [0.5, 0.6) is 0 Å². The number of fused-ring (bicyclic) bond motifs is 1. The Morgan fingerprint density at radius 1 is 1.47 bits per heavy atom. The monoisotopic (exact) mass is 403 g/mol. The molecule has 0 N–H and O–H groups in total. The van der Waals surface area contributed by atoms with E-state index in [0.717, 1.165) is 11.3 Å². The molecule has 0 aromatic carbocycles. The topological polar surface area (TPSA) is 21.1 Å². The van der Waals surface area contributed by atoms with E-state index in [1.807, 2.05) is 32.7 Å². The number of hydrogen-bond acceptors (Lipinski definition) is 2. The predicted octanol–water partition coefficient (Wildman–Crippen LogP) is 0.302. The minimum atomic E-state index is -1.48. The predicted molar refractivity (Wildman–Crippen MR) is 79.2 cm³/mol. The van der Waals surface area contributed by atoms with Crippen LogP contribution in [0.25, 0.3) is 0 Å². The van der Waals surface area contributed by atoms with Gasteiger partial charge in [-0.2, -0.15) is 0 Å². The summed E-state index contributed by atoms with van der Waals surface area (Å²) in [6.07, 6.45) is 0. The van der Waals surface area contributed by atoms with Gasteiger partial charge in [0.25, 0.3) is 0 Å². The van der Waals surface area contributed by atoms with Gasteiger partial charge in [0.1, 0.15) is 0 Å². The molecule has 1 aromatic heterocycles. The molecule has 0 amide bonds. The van der Waals surface area contributed by atoms with Crippen LogP contribution in [-0.4, -0.2) is 24.8 Å². The zero-order valence-electron chi connectivity index (χ0n) is 12.8. The van der Waals surface area contributed by atoms with E-state index >= 15 is 4.39 Å². The average Bonchev–Trinajstić information content (AvgIpc) is 2.50. The standard InChI is InChI=1S/C13H20FIN3.K/c1-7(2)18-12(15)8(3)10-9(4)16-17(6)11(10)13(18,5)14;/h7,12H,1-6H3;/q-1;+1. The molecule has 0 saturated heterocycles. The zero-order valence-corrected chi connectivity index (χ0v) is 18.0. The van der Waals surface area contributed by atoms with E-state index in [4.69, 9.17) is 0 Å². The van der Waals surface area contributed by atoms with Gasteiger partial charge in [-0.05, 0) is 32.2 Å². The van der Waals surface area contributed by atoms with Gasteiger partial charge in [-0.1, -0.05) is 36.4 Å². The largest absolute Gasteiger partial charge is 1.00 e. The first kappa shape index (κ1) is 18.4. The van der Waals surface area contributed by atoms with Crippen molar-refractivity contribution in [2.75, 3.05) is 0 Å². The number of halogens is 2. The summed E-state index contributed by atoms with van der Waals surface area (Å²) in [6.45, 7) is 9.74. The van der Waals surface area contributed by atoms with Crippen molar-refractivity contribution < 1.29 is 55.8 Å². The van der Waals surface area contributed by atoms with Gasteiger partial charge in [0, 0.05) is 17.1 Å². The molecule has 0 saturated carbocycles. The van der Waals surface area contributed by atoms with Crippen molar-refractivity contribution in [1.29, 1.82) is 0 Å². The summed E-state index contributed by atoms with van der Waals surface area (Å²) in [5, 5.41) is 4.39. The molecule has 1 aliphatic heterocycles. The molecule has 1 aromatic rings. The third-order valence-electron chi connectivity index (χ3n) is 3.69. The van der Waals surface area contributed by atoms with Crippen LogP contribution in [0.2, 0.25) is 0 Å². The summed E-state index contributed by atoms with van der Waals surface area (Å²) in [6, 6.07) is 0.139. The minimum absolute atomic E-state index is 0. The first-order valence-corrected chi connectivity index (χ1v) is 7.43. The van der Waals surface area contributed by atoms with Gasteiger partial charge in [-0.3, -0.25) is 10.00 Å². The molecule has 0 aliphatic carbocycles. The van der Waals surface area contributed by atoms with Gasteiger partial charge in [0.2, 0.25) is 0 Å². The molecule has 6 heteroatoms. The molecule has 2 atom stereocenters. The van der Waals surface area contributed by atoms with Crippen LogP contribution in [0.15, 0.2) is 0 Å². The van der Waals surface area contributed by atoms with Crippen molar-refractivity contribution in [3.05, 3.63) is 22.9 Å². The molecule has 2 rings (SSSR count). The summed E-state index contributed by atoms with van der Waals surface area (Å²) in [5.74, 6) is -0.287.